The number of nitrogens with one attached hydrogen (secondary N) is 2. The van der Waals surface area contributed by atoms with Gasteiger partial charge in [0.15, 0.2) is 22.0 Å². The summed E-state index contributed by atoms with van der Waals surface area (Å²) in [6.07, 6.45) is 0. The van der Waals surface area contributed by atoms with Gasteiger partial charge in [0.2, 0.25) is 10.0 Å². The number of nitrogens with two attached hydrogens (primary N) is 2. The van der Waals surface area contributed by atoms with Crippen LogP contribution in [0.15, 0.2) is 87.0 Å². The summed E-state index contributed by atoms with van der Waals surface area (Å²) in [7, 11) is 4.70. The smallest absolute Gasteiger partial charge is 0.367 e. The Balaban J connectivity index is 0.000000388. The molecule has 22 nitrogen and oxygen atoms in total. The zero-order valence-electron chi connectivity index (χ0n) is 55.7. The van der Waals surface area contributed by atoms with Crippen molar-refractivity contribution in [3.8, 4) is 28.0 Å². The number of esters is 2. The van der Waals surface area contributed by atoms with E-state index in [1.165, 1.54) is 55.0 Å². The van der Waals surface area contributed by atoms with E-state index in [1.54, 1.807) is 105 Å². The molecular formula is C66H83BrN8O14S5. The summed E-state index contributed by atoms with van der Waals surface area (Å²) in [6, 6.07) is 17.0. The standard InChI is InChI=1S/C16H18N2O3S.C16H16N2O2S.C9H13NO2S.C9H11NO2.C7H9NO2S.C5H9BrO.C4H7NO2S/c1-9(2)16-18-14(8-22-16)15(20)17-13-7-11(21-4)5-6-12(13)10(3)19;1-9(2)14-8-21-16(18-14)13-7-15(19)11-5-4-10(20-3)6-12(11)17-13;1-4-12-9(11)8-10-7(5-13-8)6(2)3;1-6(11)8-4-3-7(12-2)5-9(8)10;1-4(2)5-3-11-6(8-5)7(9)10;1-4(2)5(7)3-6;1-2-7-4(6)3(5)8/h5-9H,1-4H3,(H,17,20);4-9H,1-3H3,(H,17,19);5-6H,4H2,1-3H3;3-5H,10H2,1-2H3;3-4H,1-2H3,(H,9,10);4H,3H2,1-2H3;2H2,1H3,(H2,5,8). The third kappa shape index (κ3) is 27.4. The Morgan fingerprint density at radius 3 is 1.55 bits per heavy atom. The molecule has 5 heterocycles. The fourth-order valence-corrected chi connectivity index (χ4v) is 11.0. The first kappa shape index (κ1) is 81.9. The van der Waals surface area contributed by atoms with Gasteiger partial charge >= 0.3 is 17.9 Å². The Labute approximate surface area is 577 Å². The van der Waals surface area contributed by atoms with Crippen molar-refractivity contribution in [1.29, 1.82) is 0 Å². The van der Waals surface area contributed by atoms with E-state index in [4.69, 9.17) is 35.5 Å². The van der Waals surface area contributed by atoms with Gasteiger partial charge in [-0.25, -0.2) is 34.3 Å². The van der Waals surface area contributed by atoms with Crippen LogP contribution in [0.3, 0.4) is 0 Å². The Hall–Kier alpha value is -8.15. The van der Waals surface area contributed by atoms with Crippen molar-refractivity contribution in [1.82, 2.24) is 24.9 Å². The SMILES string of the molecule is CC(C)C(=O)CBr.CC(C)c1csc(C(=O)O)n1.CCOC(=O)C(N)=S.CCOC(=O)c1nc(C(C)C)cs1.COc1ccc(C(C)=O)c(N)c1.COc1ccc(C(C)=O)c(NC(=O)c2csc(C(C)C)n2)c1.COc1ccc2c(=O)cc(-c3nc(C(C)C)cs3)[nH]c2c1. The number of H-pyrrole nitrogens is 1. The number of nitrogens with zero attached hydrogens (tertiary/aromatic N) is 4. The number of amides is 1. The van der Waals surface area contributed by atoms with Crippen molar-refractivity contribution in [2.75, 3.05) is 50.9 Å². The molecule has 0 saturated carbocycles. The molecule has 5 aromatic heterocycles. The number of pyridine rings is 1. The Bertz CT molecular complexity index is 3870. The number of anilines is 2. The minimum atomic E-state index is -0.943. The van der Waals surface area contributed by atoms with Crippen LogP contribution >= 0.6 is 73.5 Å². The van der Waals surface area contributed by atoms with Crippen molar-refractivity contribution in [3.63, 3.8) is 0 Å². The highest BCUT2D eigenvalue weighted by Gasteiger charge is 2.18. The number of carbonyl (C=O) groups is 7. The number of ether oxygens (including phenoxy) is 5. The van der Waals surface area contributed by atoms with Crippen LogP contribution in [0.25, 0.3) is 21.6 Å². The first-order chi connectivity index (χ1) is 44.3. The fraction of sp³-hybridized carbons (Fsp3) is 0.379. The molecule has 8 rings (SSSR count). The number of aromatic amines is 1. The molecule has 0 spiro atoms. The number of ketones is 3. The van der Waals surface area contributed by atoms with Crippen molar-refractivity contribution >= 4 is 142 Å². The monoisotopic (exact) mass is 1450 g/mol. The normalized spacial score (nSPS) is 10.3. The number of halogens is 1. The van der Waals surface area contributed by atoms with Gasteiger partial charge in [-0.1, -0.05) is 97.4 Å². The van der Waals surface area contributed by atoms with Gasteiger partial charge in [-0.05, 0) is 81.8 Å². The second kappa shape index (κ2) is 41.5. The maximum Gasteiger partial charge on any atom is 0.367 e. The molecule has 0 bridgehead atoms. The molecule has 1 amide bonds. The number of carboxylic acid groups (broad SMARTS) is 1. The summed E-state index contributed by atoms with van der Waals surface area (Å²) < 4.78 is 24.5. The average Bonchev–Trinajstić information content (AvgIpc) is 1.26. The highest BCUT2D eigenvalue weighted by atomic mass is 79.9. The number of carbonyl (C=O) groups excluding carboxylic acids is 6. The molecule has 0 aliphatic heterocycles. The van der Waals surface area contributed by atoms with Crippen molar-refractivity contribution in [3.05, 3.63) is 141 Å². The largest absolute Gasteiger partial charge is 0.497 e. The first-order valence-electron chi connectivity index (χ1n) is 29.2. The summed E-state index contributed by atoms with van der Waals surface area (Å²) in [5, 5.41) is 22.2. The maximum absolute atomic E-state index is 12.3. The van der Waals surface area contributed by atoms with Crippen LogP contribution in [0.5, 0.6) is 17.2 Å². The van der Waals surface area contributed by atoms with Gasteiger partial charge in [0, 0.05) is 79.8 Å². The molecule has 0 fully saturated rings. The van der Waals surface area contributed by atoms with Gasteiger partial charge in [-0.3, -0.25) is 24.0 Å². The average molecular weight is 1450 g/mol. The lowest BCUT2D eigenvalue weighted by Crippen LogP contribution is -2.23. The molecule has 28 heteroatoms. The minimum absolute atomic E-state index is 0.0114. The Morgan fingerprint density at radius 1 is 0.638 bits per heavy atom. The van der Waals surface area contributed by atoms with Gasteiger partial charge in [-0.2, -0.15) is 0 Å². The number of aromatic carboxylic acids is 1. The summed E-state index contributed by atoms with van der Waals surface area (Å²) >= 11 is 12.9. The van der Waals surface area contributed by atoms with Crippen LogP contribution < -0.4 is 36.4 Å². The van der Waals surface area contributed by atoms with Crippen LogP contribution in [0.2, 0.25) is 0 Å². The lowest BCUT2D eigenvalue weighted by molar-refractivity contribution is -0.134. The van der Waals surface area contributed by atoms with Crippen LogP contribution in [0.1, 0.15) is 194 Å². The van der Waals surface area contributed by atoms with Crippen molar-refractivity contribution < 1.29 is 62.4 Å². The molecule has 94 heavy (non-hydrogen) atoms. The summed E-state index contributed by atoms with van der Waals surface area (Å²) in [5.41, 5.74) is 17.0. The van der Waals surface area contributed by atoms with Gasteiger partial charge in [0.1, 0.15) is 33.7 Å². The molecule has 0 aliphatic carbocycles. The maximum atomic E-state index is 12.3. The quantitative estimate of drug-likeness (QED) is 0.0175. The fourth-order valence-electron chi connectivity index (χ4n) is 6.89. The molecule has 8 aromatic rings. The molecule has 7 N–H and O–H groups in total. The molecule has 508 valence electrons. The number of nitrogen functional groups attached to an aromatic ring is 1. The van der Waals surface area contributed by atoms with E-state index in [-0.39, 0.29) is 56.5 Å². The van der Waals surface area contributed by atoms with Gasteiger partial charge in [0.05, 0.1) is 78.9 Å². The number of alkyl halides is 1. The topological polar surface area (TPSA) is 334 Å². The van der Waals surface area contributed by atoms with E-state index < -0.39 is 11.9 Å². The van der Waals surface area contributed by atoms with E-state index in [9.17, 15) is 38.4 Å². The minimum Gasteiger partial charge on any atom is -0.497 e. The molecular weight excluding hydrogens is 1370 g/mol. The second-order valence-electron chi connectivity index (χ2n) is 21.2. The van der Waals surface area contributed by atoms with E-state index in [0.29, 0.717) is 86.4 Å². The number of hydrogen-bond acceptors (Lipinski definition) is 23. The number of rotatable bonds is 18. The number of hydrogen-bond donors (Lipinski definition) is 5. The Morgan fingerprint density at radius 2 is 1.14 bits per heavy atom. The zero-order valence-corrected chi connectivity index (χ0v) is 61.4. The highest BCUT2D eigenvalue weighted by Crippen LogP contribution is 2.29. The lowest BCUT2D eigenvalue weighted by atomic mass is 10.1. The number of thiocarbonyl (C=S) groups is 1. The van der Waals surface area contributed by atoms with E-state index >= 15 is 0 Å². The molecule has 0 atom stereocenters. The van der Waals surface area contributed by atoms with Crippen LogP contribution in [0, 0.1) is 5.92 Å². The highest BCUT2D eigenvalue weighted by molar-refractivity contribution is 9.09. The zero-order chi connectivity index (χ0) is 71.1. The van der Waals surface area contributed by atoms with Gasteiger partial charge in [0.25, 0.3) is 5.91 Å². The lowest BCUT2D eigenvalue weighted by Gasteiger charge is -2.10. The number of benzene rings is 3. The number of aromatic nitrogens is 5. The van der Waals surface area contributed by atoms with Crippen LogP contribution in [-0.2, 0) is 19.1 Å². The van der Waals surface area contributed by atoms with Crippen molar-refractivity contribution in [2.24, 2.45) is 11.7 Å². The van der Waals surface area contributed by atoms with Crippen LogP contribution in [-0.4, -0.2) is 116 Å². The van der Waals surface area contributed by atoms with E-state index in [1.807, 2.05) is 72.2 Å². The third-order valence-electron chi connectivity index (χ3n) is 12.2. The number of thiazole rings is 4. The second-order valence-corrected chi connectivity index (χ2v) is 25.6. The molecule has 0 saturated heterocycles. The Kier molecular flexibility index (Phi) is 36.2. The molecule has 0 aliphatic rings. The van der Waals surface area contributed by atoms with Crippen molar-refractivity contribution in [2.45, 2.75) is 121 Å². The molecule has 3 aromatic carbocycles. The summed E-state index contributed by atoms with van der Waals surface area (Å²) in [5.74, 6) is 1.35. The number of carboxylic acids is 1. The summed E-state index contributed by atoms with van der Waals surface area (Å²) in [4.78, 5) is 110. The van der Waals surface area contributed by atoms with E-state index in [2.05, 4.69) is 77.0 Å². The van der Waals surface area contributed by atoms with Gasteiger partial charge < -0.3 is 50.6 Å². The third-order valence-corrected chi connectivity index (χ3v) is 16.7. The predicted octanol–water partition coefficient (Wildman–Crippen LogP) is 14.8. The number of fused-ring (bicyclic) bond motifs is 1. The van der Waals surface area contributed by atoms with Crippen LogP contribution in [0.4, 0.5) is 11.4 Å². The van der Waals surface area contributed by atoms with E-state index in [0.717, 1.165) is 44.1 Å². The number of Topliss-reactive ketones (excluding diaryl/α,β-unsaturated/α-hetero) is 3. The predicted molar refractivity (Wildman–Crippen MR) is 383 cm³/mol. The molecule has 0 radical (unpaired) electrons. The van der Waals surface area contributed by atoms with Gasteiger partial charge in [-0.15, -0.1) is 45.3 Å². The summed E-state index contributed by atoms with van der Waals surface area (Å²) in [6.45, 7) is 27.2. The first-order valence-corrected chi connectivity index (χ1v) is 34.3. The number of methoxy groups -OCH3 is 3. The molecule has 0 unspecified atom stereocenters.